The summed E-state index contributed by atoms with van der Waals surface area (Å²) < 4.78 is 0.835. The van der Waals surface area contributed by atoms with Crippen LogP contribution in [0.1, 0.15) is 18.3 Å². The number of aryl methyl sites for hydroxylation is 1. The van der Waals surface area contributed by atoms with Crippen molar-refractivity contribution in [3.05, 3.63) is 40.3 Å². The Morgan fingerprint density at radius 3 is 2.79 bits per heavy atom. The average molecular weight is 322 g/mol. The molecule has 19 heavy (non-hydrogen) atoms. The fraction of sp³-hybridized carbons (Fsp3) is 0.308. The summed E-state index contributed by atoms with van der Waals surface area (Å²) in [6.07, 6.45) is 1.73. The summed E-state index contributed by atoms with van der Waals surface area (Å²) in [4.78, 5) is 13.0. The van der Waals surface area contributed by atoms with Gasteiger partial charge in [-0.15, -0.1) is 0 Å². The minimum absolute atomic E-state index is 0.616. The van der Waals surface area contributed by atoms with Crippen LogP contribution in [0.5, 0.6) is 0 Å². The predicted octanol–water partition coefficient (Wildman–Crippen LogP) is 2.99. The minimum Gasteiger partial charge on any atom is -0.363 e. The SMILES string of the molecule is CCNc1ncc(Br)c(NCc2cccc(C)n2)n1. The van der Waals surface area contributed by atoms with E-state index < -0.39 is 0 Å². The molecular formula is C13H16BrN5. The first-order valence-corrected chi connectivity index (χ1v) is 6.91. The molecule has 0 fully saturated rings. The lowest BCUT2D eigenvalue weighted by atomic mass is 10.3. The highest BCUT2D eigenvalue weighted by molar-refractivity contribution is 9.10. The van der Waals surface area contributed by atoms with E-state index in [0.717, 1.165) is 28.2 Å². The Kier molecular flexibility index (Phi) is 4.68. The van der Waals surface area contributed by atoms with Crippen molar-refractivity contribution in [3.63, 3.8) is 0 Å². The van der Waals surface area contributed by atoms with Gasteiger partial charge in [0.2, 0.25) is 5.95 Å². The van der Waals surface area contributed by atoms with Crippen molar-refractivity contribution in [1.82, 2.24) is 15.0 Å². The smallest absolute Gasteiger partial charge is 0.224 e. The van der Waals surface area contributed by atoms with E-state index in [1.54, 1.807) is 6.20 Å². The molecule has 0 aliphatic rings. The van der Waals surface area contributed by atoms with Gasteiger partial charge < -0.3 is 10.6 Å². The summed E-state index contributed by atoms with van der Waals surface area (Å²) >= 11 is 3.43. The van der Waals surface area contributed by atoms with Crippen molar-refractivity contribution < 1.29 is 0 Å². The summed E-state index contributed by atoms with van der Waals surface area (Å²) in [6.45, 7) is 5.41. The fourth-order valence-electron chi connectivity index (χ4n) is 1.61. The molecule has 100 valence electrons. The number of pyridine rings is 1. The van der Waals surface area contributed by atoms with Crippen LogP contribution >= 0.6 is 15.9 Å². The molecular weight excluding hydrogens is 306 g/mol. The van der Waals surface area contributed by atoms with Gasteiger partial charge in [0.25, 0.3) is 0 Å². The van der Waals surface area contributed by atoms with Gasteiger partial charge in [0.05, 0.1) is 16.7 Å². The molecule has 0 aliphatic carbocycles. The molecule has 0 saturated heterocycles. The highest BCUT2D eigenvalue weighted by Crippen LogP contribution is 2.20. The van der Waals surface area contributed by atoms with Gasteiger partial charge in [-0.25, -0.2) is 4.98 Å². The predicted molar refractivity (Wildman–Crippen MR) is 80.2 cm³/mol. The summed E-state index contributed by atoms with van der Waals surface area (Å²) in [6, 6.07) is 5.96. The quantitative estimate of drug-likeness (QED) is 0.886. The van der Waals surface area contributed by atoms with Gasteiger partial charge in [0.15, 0.2) is 0 Å². The van der Waals surface area contributed by atoms with E-state index in [1.807, 2.05) is 32.0 Å². The molecule has 0 unspecified atom stereocenters. The van der Waals surface area contributed by atoms with Crippen LogP contribution in [0.2, 0.25) is 0 Å². The van der Waals surface area contributed by atoms with E-state index in [2.05, 4.69) is 41.5 Å². The lowest BCUT2D eigenvalue weighted by molar-refractivity contribution is 0.990. The van der Waals surface area contributed by atoms with Gasteiger partial charge in [-0.1, -0.05) is 6.07 Å². The molecule has 0 spiro atoms. The normalized spacial score (nSPS) is 10.3. The van der Waals surface area contributed by atoms with Crippen LogP contribution in [-0.2, 0) is 6.54 Å². The number of nitrogens with one attached hydrogen (secondary N) is 2. The van der Waals surface area contributed by atoms with E-state index >= 15 is 0 Å². The molecule has 5 nitrogen and oxygen atoms in total. The van der Waals surface area contributed by atoms with E-state index in [-0.39, 0.29) is 0 Å². The summed E-state index contributed by atoms with van der Waals surface area (Å²) in [5.74, 6) is 1.37. The number of aromatic nitrogens is 3. The monoisotopic (exact) mass is 321 g/mol. The van der Waals surface area contributed by atoms with E-state index in [9.17, 15) is 0 Å². The molecule has 0 saturated carbocycles. The number of rotatable bonds is 5. The molecule has 6 heteroatoms. The largest absolute Gasteiger partial charge is 0.363 e. The standard InChI is InChI=1S/C13H16BrN5/c1-3-15-13-17-8-11(14)12(19-13)16-7-10-6-4-5-9(2)18-10/h4-6,8H,3,7H2,1-2H3,(H2,15,16,17,19). The summed E-state index contributed by atoms with van der Waals surface area (Å²) in [5, 5.41) is 6.34. The Bertz CT molecular complexity index is 558. The van der Waals surface area contributed by atoms with Crippen molar-refractivity contribution in [2.45, 2.75) is 20.4 Å². The lowest BCUT2D eigenvalue weighted by Crippen LogP contribution is -2.08. The van der Waals surface area contributed by atoms with Crippen LogP contribution < -0.4 is 10.6 Å². The number of hydrogen-bond donors (Lipinski definition) is 2. The third-order valence-corrected chi connectivity index (χ3v) is 3.04. The number of nitrogens with zero attached hydrogens (tertiary/aromatic N) is 3. The number of hydrogen-bond acceptors (Lipinski definition) is 5. The van der Waals surface area contributed by atoms with Crippen LogP contribution in [0.3, 0.4) is 0 Å². The first kappa shape index (κ1) is 13.7. The second-order valence-corrected chi connectivity index (χ2v) is 4.90. The van der Waals surface area contributed by atoms with Crippen LogP contribution in [0.25, 0.3) is 0 Å². The second-order valence-electron chi connectivity index (χ2n) is 4.04. The minimum atomic E-state index is 0.616. The zero-order chi connectivity index (χ0) is 13.7. The van der Waals surface area contributed by atoms with E-state index in [1.165, 1.54) is 0 Å². The summed E-state index contributed by atoms with van der Waals surface area (Å²) in [5.41, 5.74) is 1.99. The Balaban J connectivity index is 2.08. The maximum Gasteiger partial charge on any atom is 0.224 e. The Labute approximate surface area is 121 Å². The molecule has 2 N–H and O–H groups in total. The Hall–Kier alpha value is -1.69. The van der Waals surface area contributed by atoms with Crippen LogP contribution in [-0.4, -0.2) is 21.5 Å². The fourth-order valence-corrected chi connectivity index (χ4v) is 1.94. The van der Waals surface area contributed by atoms with Gasteiger partial charge in [-0.3, -0.25) is 4.98 Å². The Morgan fingerprint density at radius 1 is 1.21 bits per heavy atom. The van der Waals surface area contributed by atoms with Crippen molar-refractivity contribution in [1.29, 1.82) is 0 Å². The van der Waals surface area contributed by atoms with Crippen LogP contribution in [0.4, 0.5) is 11.8 Å². The van der Waals surface area contributed by atoms with Gasteiger partial charge >= 0.3 is 0 Å². The van der Waals surface area contributed by atoms with Gasteiger partial charge in [-0.05, 0) is 41.9 Å². The molecule has 2 aromatic rings. The van der Waals surface area contributed by atoms with Gasteiger partial charge in [-0.2, -0.15) is 4.98 Å². The van der Waals surface area contributed by atoms with E-state index in [4.69, 9.17) is 0 Å². The first-order chi connectivity index (χ1) is 9.19. The molecule has 2 aromatic heterocycles. The third-order valence-electron chi connectivity index (χ3n) is 2.46. The first-order valence-electron chi connectivity index (χ1n) is 6.12. The maximum atomic E-state index is 4.44. The molecule has 0 aromatic carbocycles. The third kappa shape index (κ3) is 3.89. The maximum absolute atomic E-state index is 4.44. The van der Waals surface area contributed by atoms with Crippen molar-refractivity contribution >= 4 is 27.7 Å². The van der Waals surface area contributed by atoms with Crippen molar-refractivity contribution in [3.8, 4) is 0 Å². The van der Waals surface area contributed by atoms with Gasteiger partial charge in [0.1, 0.15) is 5.82 Å². The molecule has 2 heterocycles. The second kappa shape index (κ2) is 6.47. The molecule has 0 aliphatic heterocycles. The van der Waals surface area contributed by atoms with Crippen molar-refractivity contribution in [2.24, 2.45) is 0 Å². The molecule has 0 radical (unpaired) electrons. The lowest BCUT2D eigenvalue weighted by Gasteiger charge is -2.09. The highest BCUT2D eigenvalue weighted by Gasteiger charge is 2.04. The van der Waals surface area contributed by atoms with Crippen LogP contribution in [0.15, 0.2) is 28.9 Å². The Morgan fingerprint density at radius 2 is 2.05 bits per heavy atom. The number of halogens is 1. The van der Waals surface area contributed by atoms with Gasteiger partial charge in [0, 0.05) is 18.4 Å². The van der Waals surface area contributed by atoms with Crippen LogP contribution in [0, 0.1) is 6.92 Å². The molecule has 0 bridgehead atoms. The topological polar surface area (TPSA) is 62.7 Å². The highest BCUT2D eigenvalue weighted by atomic mass is 79.9. The van der Waals surface area contributed by atoms with Crippen molar-refractivity contribution in [2.75, 3.05) is 17.2 Å². The molecule has 0 atom stereocenters. The van der Waals surface area contributed by atoms with E-state index in [0.29, 0.717) is 12.5 Å². The zero-order valence-corrected chi connectivity index (χ0v) is 12.5. The average Bonchev–Trinajstić information content (AvgIpc) is 2.40. The summed E-state index contributed by atoms with van der Waals surface area (Å²) in [7, 11) is 0. The molecule has 0 amide bonds. The zero-order valence-electron chi connectivity index (χ0n) is 10.9. The molecule has 2 rings (SSSR count). The number of anilines is 2.